The Morgan fingerprint density at radius 2 is 2.00 bits per heavy atom. The van der Waals surface area contributed by atoms with E-state index in [9.17, 15) is 9.18 Å². The van der Waals surface area contributed by atoms with Gasteiger partial charge in [-0.15, -0.1) is 0 Å². The molecule has 0 bridgehead atoms. The number of benzene rings is 2. The molecular formula is C27H29FN4O2. The van der Waals surface area contributed by atoms with E-state index in [4.69, 9.17) is 4.74 Å². The minimum absolute atomic E-state index is 0.00765. The normalized spacial score (nSPS) is 19.2. The van der Waals surface area contributed by atoms with Crippen molar-refractivity contribution in [2.75, 3.05) is 43.1 Å². The molecule has 0 saturated carbocycles. The summed E-state index contributed by atoms with van der Waals surface area (Å²) in [5.74, 6) is 0.448. The second kappa shape index (κ2) is 9.71. The number of amides is 1. The summed E-state index contributed by atoms with van der Waals surface area (Å²) in [5.41, 5.74) is 4.25. The van der Waals surface area contributed by atoms with Crippen molar-refractivity contribution < 1.29 is 13.9 Å². The van der Waals surface area contributed by atoms with Gasteiger partial charge < -0.3 is 19.9 Å². The van der Waals surface area contributed by atoms with Crippen molar-refractivity contribution >= 4 is 17.3 Å². The van der Waals surface area contributed by atoms with E-state index in [0.717, 1.165) is 41.5 Å². The maximum atomic E-state index is 13.5. The quantitative estimate of drug-likeness (QED) is 0.611. The summed E-state index contributed by atoms with van der Waals surface area (Å²) in [7, 11) is 1.67. The lowest BCUT2D eigenvalue weighted by atomic mass is 9.83. The van der Waals surface area contributed by atoms with Gasteiger partial charge in [-0.3, -0.25) is 9.78 Å². The number of methoxy groups -OCH3 is 1. The summed E-state index contributed by atoms with van der Waals surface area (Å²) in [4.78, 5) is 22.4. The van der Waals surface area contributed by atoms with Gasteiger partial charge in [0.2, 0.25) is 5.91 Å². The summed E-state index contributed by atoms with van der Waals surface area (Å²) < 4.78 is 18.9. The third-order valence-corrected chi connectivity index (χ3v) is 6.86. The maximum Gasteiger partial charge on any atom is 0.225 e. The van der Waals surface area contributed by atoms with Gasteiger partial charge in [-0.25, -0.2) is 4.39 Å². The highest BCUT2D eigenvalue weighted by atomic mass is 19.1. The predicted molar refractivity (Wildman–Crippen MR) is 131 cm³/mol. The van der Waals surface area contributed by atoms with Crippen LogP contribution in [0.2, 0.25) is 0 Å². The smallest absolute Gasteiger partial charge is 0.225 e. The Balaban J connectivity index is 1.37. The number of halogens is 1. The Labute approximate surface area is 199 Å². The van der Waals surface area contributed by atoms with Gasteiger partial charge in [-0.1, -0.05) is 12.1 Å². The minimum atomic E-state index is -0.244. The molecule has 1 N–H and O–H groups in total. The fraction of sp³-hybridized carbons (Fsp3) is 0.333. The minimum Gasteiger partial charge on any atom is -0.497 e. The van der Waals surface area contributed by atoms with Crippen molar-refractivity contribution in [3.05, 3.63) is 83.9 Å². The number of fused-ring (bicyclic) bond motifs is 3. The fourth-order valence-electron chi connectivity index (χ4n) is 5.08. The first-order valence-electron chi connectivity index (χ1n) is 11.7. The Morgan fingerprint density at radius 1 is 1.15 bits per heavy atom. The van der Waals surface area contributed by atoms with E-state index in [1.807, 2.05) is 36.4 Å². The molecule has 1 amide bonds. The number of carbonyl (C=O) groups is 1. The number of anilines is 2. The van der Waals surface area contributed by atoms with Crippen molar-refractivity contribution in [3.8, 4) is 5.75 Å². The summed E-state index contributed by atoms with van der Waals surface area (Å²) in [6.07, 6.45) is 3.14. The van der Waals surface area contributed by atoms with Crippen molar-refractivity contribution in [2.45, 2.75) is 18.9 Å². The first-order valence-corrected chi connectivity index (χ1v) is 11.7. The number of rotatable bonds is 6. The summed E-state index contributed by atoms with van der Waals surface area (Å²) in [5, 5.41) is 3.15. The number of carbonyl (C=O) groups excluding carboxylic acids is 1. The molecule has 0 spiro atoms. The molecule has 7 heteroatoms. The van der Waals surface area contributed by atoms with Gasteiger partial charge in [0.05, 0.1) is 19.1 Å². The topological polar surface area (TPSA) is 57.7 Å². The van der Waals surface area contributed by atoms with E-state index in [0.29, 0.717) is 25.9 Å². The van der Waals surface area contributed by atoms with Crippen LogP contribution in [0.5, 0.6) is 5.75 Å². The first-order chi connectivity index (χ1) is 16.6. The molecule has 2 atom stereocenters. The predicted octanol–water partition coefficient (Wildman–Crippen LogP) is 3.46. The van der Waals surface area contributed by atoms with Gasteiger partial charge in [0.25, 0.3) is 0 Å². The molecule has 1 aromatic heterocycles. The van der Waals surface area contributed by atoms with Crippen molar-refractivity contribution in [1.82, 2.24) is 10.3 Å². The van der Waals surface area contributed by atoms with Crippen LogP contribution in [-0.2, 0) is 17.6 Å². The molecule has 176 valence electrons. The number of nitrogens with one attached hydrogen (secondary N) is 1. The summed E-state index contributed by atoms with van der Waals surface area (Å²) in [6, 6.07) is 18.5. The molecule has 1 fully saturated rings. The molecule has 1 saturated heterocycles. The number of ether oxygens (including phenoxy) is 1. The Kier molecular flexibility index (Phi) is 6.34. The molecule has 2 aromatic carbocycles. The van der Waals surface area contributed by atoms with Gasteiger partial charge in [0.15, 0.2) is 0 Å². The zero-order valence-corrected chi connectivity index (χ0v) is 19.3. The van der Waals surface area contributed by atoms with E-state index < -0.39 is 0 Å². The van der Waals surface area contributed by atoms with Crippen LogP contribution in [-0.4, -0.2) is 50.2 Å². The third kappa shape index (κ3) is 4.55. The lowest BCUT2D eigenvalue weighted by molar-refractivity contribution is -0.125. The lowest BCUT2D eigenvalue weighted by Crippen LogP contribution is -2.61. The number of hydrogen-bond acceptors (Lipinski definition) is 5. The van der Waals surface area contributed by atoms with Crippen LogP contribution in [0.15, 0.2) is 66.9 Å². The molecule has 34 heavy (non-hydrogen) atoms. The zero-order valence-electron chi connectivity index (χ0n) is 19.3. The summed E-state index contributed by atoms with van der Waals surface area (Å²) >= 11 is 0. The molecule has 3 aromatic rings. The molecular weight excluding hydrogens is 431 g/mol. The van der Waals surface area contributed by atoms with E-state index >= 15 is 0 Å². The van der Waals surface area contributed by atoms with Crippen molar-refractivity contribution in [2.24, 2.45) is 5.92 Å². The molecule has 0 unspecified atom stereocenters. The molecule has 6 nitrogen and oxygen atoms in total. The number of hydrogen-bond donors (Lipinski definition) is 1. The van der Waals surface area contributed by atoms with E-state index in [1.54, 1.807) is 13.3 Å². The highest BCUT2D eigenvalue weighted by Gasteiger charge is 2.41. The standard InChI is InChI=1S/C27H29FN4O2/c1-34-23-10-5-19-16-24(27(33)30-13-11-21-4-2-3-12-29-21)26-18-31(14-15-32(26)25(19)17-23)22-8-6-20(28)7-9-22/h2-10,12,17,24,26H,11,13-16,18H2,1H3,(H,30,33)/t24-,26+/m0/s1. The van der Waals surface area contributed by atoms with Crippen LogP contribution in [0.3, 0.4) is 0 Å². The summed E-state index contributed by atoms with van der Waals surface area (Å²) in [6.45, 7) is 2.82. The Morgan fingerprint density at radius 3 is 2.76 bits per heavy atom. The van der Waals surface area contributed by atoms with E-state index in [2.05, 4.69) is 32.2 Å². The molecule has 2 aliphatic heterocycles. The monoisotopic (exact) mass is 460 g/mol. The van der Waals surface area contributed by atoms with Gasteiger partial charge in [-0.2, -0.15) is 0 Å². The van der Waals surface area contributed by atoms with Crippen LogP contribution in [0.1, 0.15) is 11.3 Å². The first kappa shape index (κ1) is 22.2. The zero-order chi connectivity index (χ0) is 23.5. The van der Waals surface area contributed by atoms with Crippen LogP contribution >= 0.6 is 0 Å². The van der Waals surface area contributed by atoms with Crippen molar-refractivity contribution in [1.29, 1.82) is 0 Å². The van der Waals surface area contributed by atoms with Gasteiger partial charge in [0.1, 0.15) is 11.6 Å². The van der Waals surface area contributed by atoms with Crippen LogP contribution in [0.25, 0.3) is 0 Å². The Hall–Kier alpha value is -3.61. The average molecular weight is 461 g/mol. The molecule has 2 aliphatic rings. The largest absolute Gasteiger partial charge is 0.497 e. The number of pyridine rings is 1. The van der Waals surface area contributed by atoms with Gasteiger partial charge in [0, 0.05) is 61.9 Å². The maximum absolute atomic E-state index is 13.5. The molecule has 3 heterocycles. The van der Waals surface area contributed by atoms with E-state index in [-0.39, 0.29) is 23.7 Å². The molecule has 0 radical (unpaired) electrons. The number of piperazine rings is 1. The van der Waals surface area contributed by atoms with Crippen LogP contribution in [0, 0.1) is 11.7 Å². The number of nitrogens with zero attached hydrogens (tertiary/aromatic N) is 3. The van der Waals surface area contributed by atoms with Crippen LogP contribution < -0.4 is 19.9 Å². The average Bonchev–Trinajstić information content (AvgIpc) is 2.88. The second-order valence-electron chi connectivity index (χ2n) is 8.85. The van der Waals surface area contributed by atoms with Crippen LogP contribution in [0.4, 0.5) is 15.8 Å². The van der Waals surface area contributed by atoms with Gasteiger partial charge >= 0.3 is 0 Å². The fourth-order valence-corrected chi connectivity index (χ4v) is 5.08. The van der Waals surface area contributed by atoms with Crippen molar-refractivity contribution in [3.63, 3.8) is 0 Å². The number of aromatic nitrogens is 1. The second-order valence-corrected chi connectivity index (χ2v) is 8.85. The molecule has 5 rings (SSSR count). The molecule has 0 aliphatic carbocycles. The highest BCUT2D eigenvalue weighted by Crippen LogP contribution is 2.39. The third-order valence-electron chi connectivity index (χ3n) is 6.86. The Bertz CT molecular complexity index is 1140. The van der Waals surface area contributed by atoms with Gasteiger partial charge in [-0.05, 0) is 54.4 Å². The highest BCUT2D eigenvalue weighted by molar-refractivity contribution is 5.82. The SMILES string of the molecule is COc1ccc2c(c1)N1CCN(c3ccc(F)cc3)C[C@@H]1[C@@H](C(=O)NCCc1ccccn1)C2. The lowest BCUT2D eigenvalue weighted by Gasteiger charge is -2.49. The van der Waals surface area contributed by atoms with E-state index in [1.165, 1.54) is 12.1 Å².